The number of ether oxygens (including phenoxy) is 3. The maximum Gasteiger partial charge on any atom is 0.264 e. The van der Waals surface area contributed by atoms with Gasteiger partial charge in [0.2, 0.25) is 5.91 Å². The van der Waals surface area contributed by atoms with Crippen molar-refractivity contribution in [1.82, 2.24) is 9.80 Å². The second kappa shape index (κ2) is 13.3. The molecule has 0 saturated carbocycles. The Morgan fingerprint density at radius 1 is 0.943 bits per heavy atom. The summed E-state index contributed by atoms with van der Waals surface area (Å²) in [6, 6.07) is 13.5. The Kier molecular flexibility index (Phi) is 10.1. The first kappa shape index (κ1) is 26.7. The van der Waals surface area contributed by atoms with Gasteiger partial charge >= 0.3 is 0 Å². The minimum Gasteiger partial charge on any atom is -0.493 e. The normalized spacial score (nSPS) is 10.7. The van der Waals surface area contributed by atoms with E-state index in [-0.39, 0.29) is 18.4 Å². The highest BCUT2D eigenvalue weighted by Crippen LogP contribution is 2.28. The summed E-state index contributed by atoms with van der Waals surface area (Å²) in [4.78, 5) is 32.8. The molecule has 3 rings (SSSR count). The first-order chi connectivity index (χ1) is 16.9. The van der Waals surface area contributed by atoms with Gasteiger partial charge in [-0.3, -0.25) is 9.59 Å². The van der Waals surface area contributed by atoms with Crippen molar-refractivity contribution in [3.05, 3.63) is 68.0 Å². The van der Waals surface area contributed by atoms with Crippen molar-refractivity contribution in [3.63, 3.8) is 0 Å². The lowest BCUT2D eigenvalue weighted by Gasteiger charge is -2.27. The predicted molar refractivity (Wildman–Crippen MR) is 140 cm³/mol. The Morgan fingerprint density at radius 2 is 1.74 bits per heavy atom. The summed E-state index contributed by atoms with van der Waals surface area (Å²) < 4.78 is 15.9. The zero-order chi connectivity index (χ0) is 25.2. The summed E-state index contributed by atoms with van der Waals surface area (Å²) in [7, 11) is 4.80. The summed E-state index contributed by atoms with van der Waals surface area (Å²) in [5.41, 5.74) is 1.04. The molecule has 0 N–H and O–H groups in total. The van der Waals surface area contributed by atoms with Gasteiger partial charge in [0.15, 0.2) is 11.5 Å². The Balaban J connectivity index is 1.76. The third-order valence-electron chi connectivity index (χ3n) is 5.52. The van der Waals surface area contributed by atoms with Crippen molar-refractivity contribution in [1.29, 1.82) is 0 Å². The fourth-order valence-corrected chi connectivity index (χ4v) is 5.22. The molecule has 0 atom stereocenters. The quantitative estimate of drug-likeness (QED) is 0.335. The van der Waals surface area contributed by atoms with Crippen LogP contribution in [0.5, 0.6) is 11.5 Å². The van der Waals surface area contributed by atoms with Crippen LogP contribution in [-0.4, -0.2) is 69.2 Å². The van der Waals surface area contributed by atoms with Gasteiger partial charge in [-0.15, -0.1) is 22.7 Å². The van der Waals surface area contributed by atoms with E-state index in [0.29, 0.717) is 49.0 Å². The molecule has 0 aliphatic rings. The number of nitrogens with zero attached hydrogens (tertiary/aromatic N) is 2. The third kappa shape index (κ3) is 7.55. The smallest absolute Gasteiger partial charge is 0.264 e. The third-order valence-corrected chi connectivity index (χ3v) is 7.37. The molecule has 0 radical (unpaired) electrons. The van der Waals surface area contributed by atoms with Crippen molar-refractivity contribution in [2.24, 2.45) is 0 Å². The van der Waals surface area contributed by atoms with E-state index in [1.807, 2.05) is 34.5 Å². The number of hydrogen-bond acceptors (Lipinski definition) is 7. The first-order valence-electron chi connectivity index (χ1n) is 11.3. The predicted octanol–water partition coefficient (Wildman–Crippen LogP) is 4.50. The highest BCUT2D eigenvalue weighted by atomic mass is 32.1. The standard InChI is InChI=1S/C26H32N2O5S2/c1-19-7-9-21(35-19)17-27(12-11-20-8-10-22(32-3)23(16-20)33-4)25(29)18-28(13-14-31-2)26(30)24-6-5-15-34-24/h5-10,15-16H,11-14,17-18H2,1-4H3. The van der Waals surface area contributed by atoms with Crippen LogP contribution in [-0.2, 0) is 22.5 Å². The van der Waals surface area contributed by atoms with Gasteiger partial charge in [0.25, 0.3) is 5.91 Å². The van der Waals surface area contributed by atoms with E-state index < -0.39 is 0 Å². The second-order valence-corrected chi connectivity index (χ2v) is 10.3. The van der Waals surface area contributed by atoms with Crippen LogP contribution in [0.25, 0.3) is 0 Å². The summed E-state index contributed by atoms with van der Waals surface area (Å²) >= 11 is 3.04. The molecule has 2 amide bonds. The Labute approximate surface area is 214 Å². The topological polar surface area (TPSA) is 68.3 Å². The molecule has 2 aromatic heterocycles. The van der Waals surface area contributed by atoms with Crippen LogP contribution in [0.1, 0.15) is 25.0 Å². The zero-order valence-electron chi connectivity index (χ0n) is 20.6. The lowest BCUT2D eigenvalue weighted by molar-refractivity contribution is -0.132. The van der Waals surface area contributed by atoms with E-state index in [1.165, 1.54) is 16.2 Å². The van der Waals surface area contributed by atoms with Crippen LogP contribution in [0.3, 0.4) is 0 Å². The number of benzene rings is 1. The lowest BCUT2D eigenvalue weighted by Crippen LogP contribution is -2.44. The number of carbonyl (C=O) groups is 2. The van der Waals surface area contributed by atoms with E-state index in [2.05, 4.69) is 19.1 Å². The zero-order valence-corrected chi connectivity index (χ0v) is 22.2. The molecule has 188 valence electrons. The van der Waals surface area contributed by atoms with Gasteiger partial charge in [-0.25, -0.2) is 0 Å². The van der Waals surface area contributed by atoms with Gasteiger partial charge in [-0.2, -0.15) is 0 Å². The molecule has 3 aromatic rings. The monoisotopic (exact) mass is 516 g/mol. The Hall–Kier alpha value is -2.88. The molecule has 0 unspecified atom stereocenters. The number of thiophene rings is 2. The minimum atomic E-state index is -0.155. The van der Waals surface area contributed by atoms with E-state index in [0.717, 1.165) is 10.4 Å². The van der Waals surface area contributed by atoms with Crippen LogP contribution < -0.4 is 9.47 Å². The first-order valence-corrected chi connectivity index (χ1v) is 13.0. The molecule has 0 bridgehead atoms. The van der Waals surface area contributed by atoms with Gasteiger partial charge in [-0.1, -0.05) is 12.1 Å². The maximum atomic E-state index is 13.5. The molecule has 7 nitrogen and oxygen atoms in total. The van der Waals surface area contributed by atoms with Gasteiger partial charge < -0.3 is 24.0 Å². The van der Waals surface area contributed by atoms with Crippen LogP contribution >= 0.6 is 22.7 Å². The molecule has 0 saturated heterocycles. The van der Waals surface area contributed by atoms with Gasteiger partial charge in [0.1, 0.15) is 6.54 Å². The number of carbonyl (C=O) groups excluding carboxylic acids is 2. The molecule has 1 aromatic carbocycles. The number of aryl methyl sites for hydroxylation is 1. The molecule has 35 heavy (non-hydrogen) atoms. The van der Waals surface area contributed by atoms with Gasteiger partial charge in [-0.05, 0) is 54.6 Å². The molecular formula is C26H32N2O5S2. The fourth-order valence-electron chi connectivity index (χ4n) is 3.62. The number of rotatable bonds is 13. The van der Waals surface area contributed by atoms with Gasteiger partial charge in [0.05, 0.1) is 32.2 Å². The van der Waals surface area contributed by atoms with Crippen LogP contribution in [0, 0.1) is 6.92 Å². The highest BCUT2D eigenvalue weighted by molar-refractivity contribution is 7.12. The van der Waals surface area contributed by atoms with E-state index in [9.17, 15) is 9.59 Å². The number of methoxy groups -OCH3 is 3. The van der Waals surface area contributed by atoms with Gasteiger partial charge in [0, 0.05) is 30.0 Å². The number of amides is 2. The van der Waals surface area contributed by atoms with E-state index in [1.54, 1.807) is 43.6 Å². The molecule has 0 spiro atoms. The van der Waals surface area contributed by atoms with Crippen molar-refractivity contribution >= 4 is 34.5 Å². The fraction of sp³-hybridized carbons (Fsp3) is 0.385. The molecule has 0 fully saturated rings. The van der Waals surface area contributed by atoms with Crippen molar-refractivity contribution in [3.8, 4) is 11.5 Å². The van der Waals surface area contributed by atoms with Crippen LogP contribution in [0.15, 0.2) is 47.8 Å². The van der Waals surface area contributed by atoms with Crippen LogP contribution in [0.4, 0.5) is 0 Å². The summed E-state index contributed by atoms with van der Waals surface area (Å²) in [5.74, 6) is 1.07. The molecule has 0 aliphatic carbocycles. The summed E-state index contributed by atoms with van der Waals surface area (Å²) in [6.07, 6.45) is 0.646. The maximum absolute atomic E-state index is 13.5. The second-order valence-electron chi connectivity index (χ2n) is 7.96. The molecule has 9 heteroatoms. The largest absolute Gasteiger partial charge is 0.493 e. The Bertz CT molecular complexity index is 1100. The number of hydrogen-bond donors (Lipinski definition) is 0. The van der Waals surface area contributed by atoms with E-state index >= 15 is 0 Å². The molecule has 2 heterocycles. The van der Waals surface area contributed by atoms with Crippen LogP contribution in [0.2, 0.25) is 0 Å². The Morgan fingerprint density at radius 3 is 2.37 bits per heavy atom. The molecular weight excluding hydrogens is 484 g/mol. The average molecular weight is 517 g/mol. The minimum absolute atomic E-state index is 0.00359. The van der Waals surface area contributed by atoms with Crippen molar-refractivity contribution in [2.45, 2.75) is 19.9 Å². The SMILES string of the molecule is COCCN(CC(=O)N(CCc1ccc(OC)c(OC)c1)Cc1ccc(C)s1)C(=O)c1cccs1. The van der Waals surface area contributed by atoms with E-state index in [4.69, 9.17) is 14.2 Å². The summed E-state index contributed by atoms with van der Waals surface area (Å²) in [5, 5.41) is 1.86. The lowest BCUT2D eigenvalue weighted by atomic mass is 10.1. The average Bonchev–Trinajstić information content (AvgIpc) is 3.55. The summed E-state index contributed by atoms with van der Waals surface area (Å²) in [6.45, 7) is 3.76. The van der Waals surface area contributed by atoms with Crippen molar-refractivity contribution < 1.29 is 23.8 Å². The highest BCUT2D eigenvalue weighted by Gasteiger charge is 2.23. The van der Waals surface area contributed by atoms with Crippen molar-refractivity contribution in [2.75, 3.05) is 47.6 Å². The molecule has 0 aliphatic heterocycles.